The number of carbonyl (C=O) groups is 1. The lowest BCUT2D eigenvalue weighted by atomic mass is 10.1. The number of nitrogens with one attached hydrogen (secondary N) is 1. The molecule has 1 N–H and O–H groups in total. The smallest absolute Gasteiger partial charge is 0.287 e. The Morgan fingerprint density at radius 1 is 0.962 bits per heavy atom. The highest BCUT2D eigenvalue weighted by atomic mass is 32.2. The second-order valence-electron chi connectivity index (χ2n) is 6.13. The third kappa shape index (κ3) is 4.29. The summed E-state index contributed by atoms with van der Waals surface area (Å²) in [5.74, 6) is 0.736. The van der Waals surface area contributed by atoms with Gasteiger partial charge in [-0.1, -0.05) is 42.5 Å². The summed E-state index contributed by atoms with van der Waals surface area (Å²) in [6.45, 7) is 4.38. The first-order valence-corrected chi connectivity index (χ1v) is 9.72. The van der Waals surface area contributed by atoms with Crippen LogP contribution in [0.4, 0.5) is 0 Å². The van der Waals surface area contributed by atoms with E-state index >= 15 is 0 Å². The minimum Gasteiger partial charge on any atom is -0.455 e. The molecule has 0 spiro atoms. The first-order valence-electron chi connectivity index (χ1n) is 8.40. The predicted octanol–water partition coefficient (Wildman–Crippen LogP) is 4.13. The van der Waals surface area contributed by atoms with E-state index < -0.39 is 10.8 Å². The maximum Gasteiger partial charge on any atom is 0.287 e. The van der Waals surface area contributed by atoms with E-state index in [0.29, 0.717) is 12.3 Å². The highest BCUT2D eigenvalue weighted by Gasteiger charge is 2.14. The second kappa shape index (κ2) is 8.15. The van der Waals surface area contributed by atoms with Crippen LogP contribution in [0.3, 0.4) is 0 Å². The monoisotopic (exact) mass is 367 g/mol. The first-order chi connectivity index (χ1) is 12.5. The summed E-state index contributed by atoms with van der Waals surface area (Å²) in [7, 11) is -1.21. The van der Waals surface area contributed by atoms with Crippen LogP contribution in [0.1, 0.15) is 33.0 Å². The van der Waals surface area contributed by atoms with Gasteiger partial charge in [0, 0.05) is 11.4 Å². The summed E-state index contributed by atoms with van der Waals surface area (Å²) in [5, 5.41) is 2.85. The summed E-state index contributed by atoms with van der Waals surface area (Å²) in [5.41, 5.74) is 3.17. The van der Waals surface area contributed by atoms with Gasteiger partial charge in [0.05, 0.1) is 16.6 Å². The van der Waals surface area contributed by atoms with E-state index in [1.165, 1.54) is 0 Å². The Morgan fingerprint density at radius 2 is 1.65 bits per heavy atom. The Hall–Kier alpha value is -2.66. The third-order valence-corrected chi connectivity index (χ3v) is 5.69. The number of hydrogen-bond acceptors (Lipinski definition) is 3. The fourth-order valence-electron chi connectivity index (χ4n) is 2.67. The number of hydrogen-bond donors (Lipinski definition) is 1. The molecule has 1 atom stereocenters. The van der Waals surface area contributed by atoms with E-state index in [9.17, 15) is 9.00 Å². The molecule has 3 aromatic rings. The molecular formula is C21H21NO3S. The molecule has 3 rings (SSSR count). The zero-order valence-electron chi connectivity index (χ0n) is 14.8. The van der Waals surface area contributed by atoms with Crippen LogP contribution in [-0.4, -0.2) is 10.1 Å². The van der Waals surface area contributed by atoms with E-state index in [4.69, 9.17) is 4.42 Å². The van der Waals surface area contributed by atoms with Gasteiger partial charge in [0.15, 0.2) is 5.76 Å². The SMILES string of the molecule is Cc1ccccc1CNC(=O)c1ccc(C[S@@](=O)c2ccccc2C)o1. The van der Waals surface area contributed by atoms with Gasteiger partial charge in [-0.3, -0.25) is 9.00 Å². The molecule has 134 valence electrons. The number of amides is 1. The van der Waals surface area contributed by atoms with Crippen LogP contribution in [0.2, 0.25) is 0 Å². The average molecular weight is 367 g/mol. The van der Waals surface area contributed by atoms with Crippen molar-refractivity contribution >= 4 is 16.7 Å². The molecule has 0 saturated heterocycles. The van der Waals surface area contributed by atoms with Crippen LogP contribution >= 0.6 is 0 Å². The van der Waals surface area contributed by atoms with Crippen molar-refractivity contribution in [2.75, 3.05) is 0 Å². The molecule has 4 nitrogen and oxygen atoms in total. The summed E-state index contributed by atoms with van der Waals surface area (Å²) in [6, 6.07) is 18.8. The van der Waals surface area contributed by atoms with Gasteiger partial charge in [0.1, 0.15) is 5.76 Å². The molecule has 0 unspecified atom stereocenters. The lowest BCUT2D eigenvalue weighted by molar-refractivity contribution is 0.0921. The maximum atomic E-state index is 12.5. The molecule has 0 fully saturated rings. The fourth-order valence-corrected chi connectivity index (χ4v) is 3.89. The molecule has 1 amide bonds. The zero-order valence-corrected chi connectivity index (χ0v) is 15.6. The van der Waals surface area contributed by atoms with Gasteiger partial charge >= 0.3 is 0 Å². The van der Waals surface area contributed by atoms with Crippen molar-refractivity contribution in [1.29, 1.82) is 0 Å². The topological polar surface area (TPSA) is 59.3 Å². The molecule has 0 aliphatic heterocycles. The van der Waals surface area contributed by atoms with Crippen molar-refractivity contribution in [3.63, 3.8) is 0 Å². The lowest BCUT2D eigenvalue weighted by Gasteiger charge is -2.06. The Balaban J connectivity index is 1.62. The molecule has 0 bridgehead atoms. The Bertz CT molecular complexity index is 946. The fraction of sp³-hybridized carbons (Fsp3) is 0.190. The minimum absolute atomic E-state index is 0.232. The Labute approximate surface area is 155 Å². The highest BCUT2D eigenvalue weighted by Crippen LogP contribution is 2.18. The number of carbonyl (C=O) groups excluding carboxylic acids is 1. The molecule has 5 heteroatoms. The molecule has 0 saturated carbocycles. The second-order valence-corrected chi connectivity index (χ2v) is 7.55. The van der Waals surface area contributed by atoms with Crippen molar-refractivity contribution in [3.8, 4) is 0 Å². The Kier molecular flexibility index (Phi) is 5.68. The average Bonchev–Trinajstić information content (AvgIpc) is 3.09. The quantitative estimate of drug-likeness (QED) is 0.712. The Morgan fingerprint density at radius 3 is 2.38 bits per heavy atom. The van der Waals surface area contributed by atoms with Gasteiger partial charge in [0.25, 0.3) is 5.91 Å². The zero-order chi connectivity index (χ0) is 18.5. The van der Waals surface area contributed by atoms with Gasteiger partial charge in [-0.2, -0.15) is 0 Å². The van der Waals surface area contributed by atoms with Crippen molar-refractivity contribution in [2.24, 2.45) is 0 Å². The van der Waals surface area contributed by atoms with Gasteiger partial charge in [-0.15, -0.1) is 0 Å². The van der Waals surface area contributed by atoms with E-state index in [-0.39, 0.29) is 17.4 Å². The first kappa shape index (κ1) is 18.1. The number of rotatable bonds is 6. The molecular weight excluding hydrogens is 346 g/mol. The molecule has 0 aliphatic carbocycles. The molecule has 1 heterocycles. The summed E-state index contributed by atoms with van der Waals surface area (Å²) in [4.78, 5) is 13.1. The summed E-state index contributed by atoms with van der Waals surface area (Å²) < 4.78 is 18.1. The van der Waals surface area contributed by atoms with Crippen molar-refractivity contribution in [2.45, 2.75) is 31.0 Å². The summed E-state index contributed by atoms with van der Waals surface area (Å²) in [6.07, 6.45) is 0. The highest BCUT2D eigenvalue weighted by molar-refractivity contribution is 7.84. The number of aryl methyl sites for hydroxylation is 2. The molecule has 2 aromatic carbocycles. The van der Waals surface area contributed by atoms with Crippen LogP contribution in [0.15, 0.2) is 70.0 Å². The third-order valence-electron chi connectivity index (χ3n) is 4.20. The largest absolute Gasteiger partial charge is 0.455 e. The van der Waals surface area contributed by atoms with E-state index in [2.05, 4.69) is 5.32 Å². The van der Waals surface area contributed by atoms with Crippen molar-refractivity contribution < 1.29 is 13.4 Å². The minimum atomic E-state index is -1.21. The van der Waals surface area contributed by atoms with Gasteiger partial charge in [-0.05, 0) is 48.7 Å². The van der Waals surface area contributed by atoms with Gasteiger partial charge in [-0.25, -0.2) is 0 Å². The van der Waals surface area contributed by atoms with E-state index in [1.807, 2.05) is 62.4 Å². The van der Waals surface area contributed by atoms with Crippen molar-refractivity contribution in [3.05, 3.63) is 88.9 Å². The molecule has 0 radical (unpaired) electrons. The van der Waals surface area contributed by atoms with Crippen molar-refractivity contribution in [1.82, 2.24) is 5.32 Å². The normalized spacial score (nSPS) is 11.9. The summed E-state index contributed by atoms with van der Waals surface area (Å²) >= 11 is 0. The lowest BCUT2D eigenvalue weighted by Crippen LogP contribution is -2.22. The van der Waals surface area contributed by atoms with Crippen LogP contribution in [0, 0.1) is 13.8 Å². The predicted molar refractivity (Wildman–Crippen MR) is 102 cm³/mol. The number of furan rings is 1. The van der Waals surface area contributed by atoms with Crippen LogP contribution in [0.5, 0.6) is 0 Å². The maximum absolute atomic E-state index is 12.5. The molecule has 1 aromatic heterocycles. The van der Waals surface area contributed by atoms with Gasteiger partial charge < -0.3 is 9.73 Å². The van der Waals surface area contributed by atoms with E-state index in [1.54, 1.807) is 12.1 Å². The van der Waals surface area contributed by atoms with E-state index in [0.717, 1.165) is 21.6 Å². The molecule has 0 aliphatic rings. The van der Waals surface area contributed by atoms with Gasteiger partial charge in [0.2, 0.25) is 0 Å². The van der Waals surface area contributed by atoms with Crippen LogP contribution in [0.25, 0.3) is 0 Å². The molecule has 26 heavy (non-hydrogen) atoms. The number of benzene rings is 2. The van der Waals surface area contributed by atoms with Crippen LogP contribution < -0.4 is 5.32 Å². The standard InChI is InChI=1S/C21H21NO3S/c1-15-7-3-5-9-17(15)13-22-21(23)19-12-11-18(25-19)14-26(24)20-10-6-4-8-16(20)2/h3-12H,13-14H2,1-2H3,(H,22,23)/t26-/m1/s1. The van der Waals surface area contributed by atoms with Crippen LogP contribution in [-0.2, 0) is 23.1 Å².